The Morgan fingerprint density at radius 1 is 1.25 bits per heavy atom. The monoisotopic (exact) mass is 307 g/mol. The molecule has 1 amide bonds. The highest BCUT2D eigenvalue weighted by Crippen LogP contribution is 2.07. The van der Waals surface area contributed by atoms with Crippen molar-refractivity contribution in [1.82, 2.24) is 4.90 Å². The van der Waals surface area contributed by atoms with Gasteiger partial charge in [0.2, 0.25) is 5.91 Å². The smallest absolute Gasteiger partial charge is 0.305 e. The van der Waals surface area contributed by atoms with Crippen LogP contribution >= 0.6 is 0 Å². The molecule has 7 nitrogen and oxygen atoms in total. The molecule has 0 aliphatic rings. The summed E-state index contributed by atoms with van der Waals surface area (Å²) in [5.41, 5.74) is 0. The molecule has 0 aliphatic heterocycles. The lowest BCUT2D eigenvalue weighted by molar-refractivity contribution is -0.142. The van der Waals surface area contributed by atoms with E-state index in [1.54, 1.807) is 0 Å². The zero-order chi connectivity index (χ0) is 15.8. The number of hydrogen-bond donors (Lipinski definition) is 1. The number of sulfone groups is 1. The number of unbranched alkanes of at least 4 members (excludes halogenated alkanes) is 2. The number of likely N-dealkylation sites (N-methyl/N-ethyl adjacent to an activating group) is 1. The Labute approximate surface area is 118 Å². The second-order valence-corrected chi connectivity index (χ2v) is 7.01. The first kappa shape index (κ1) is 18.6. The number of amides is 1. The van der Waals surface area contributed by atoms with Gasteiger partial charge in [0.25, 0.3) is 0 Å². The second kappa shape index (κ2) is 8.68. The van der Waals surface area contributed by atoms with E-state index in [0.717, 1.165) is 11.2 Å². The molecule has 0 saturated heterocycles. The predicted octanol–water partition coefficient (Wildman–Crippen LogP) is 0.0920. The predicted molar refractivity (Wildman–Crippen MR) is 73.1 cm³/mol. The van der Waals surface area contributed by atoms with E-state index in [1.807, 2.05) is 0 Å². The summed E-state index contributed by atoms with van der Waals surface area (Å²) >= 11 is 0. The highest BCUT2D eigenvalue weighted by Gasteiger charge is 2.21. The molecule has 0 radical (unpaired) electrons. The van der Waals surface area contributed by atoms with Crippen LogP contribution in [0.1, 0.15) is 32.1 Å². The first-order valence-electron chi connectivity index (χ1n) is 6.28. The Balaban J connectivity index is 4.07. The minimum absolute atomic E-state index is 0.0903. The van der Waals surface area contributed by atoms with Crippen molar-refractivity contribution in [2.24, 2.45) is 0 Å². The van der Waals surface area contributed by atoms with Gasteiger partial charge in [-0.3, -0.25) is 9.59 Å². The number of aliphatic carboxylic acids is 1. The van der Waals surface area contributed by atoms with Crippen molar-refractivity contribution >= 4 is 28.0 Å². The van der Waals surface area contributed by atoms with Crippen molar-refractivity contribution in [3.05, 3.63) is 0 Å². The van der Waals surface area contributed by atoms with Gasteiger partial charge in [0, 0.05) is 25.5 Å². The van der Waals surface area contributed by atoms with Crippen LogP contribution in [0.5, 0.6) is 0 Å². The van der Waals surface area contributed by atoms with E-state index in [2.05, 4.69) is 0 Å². The van der Waals surface area contributed by atoms with Crippen molar-refractivity contribution in [2.45, 2.75) is 38.1 Å². The van der Waals surface area contributed by atoms with Crippen LogP contribution in [0.15, 0.2) is 0 Å². The Bertz CT molecular complexity index is 445. The number of hydrogen-bond acceptors (Lipinski definition) is 5. The SMILES string of the molecule is CN(C(=O)CCCCCS(C)(=O)=O)C(C=O)CC(=O)O. The van der Waals surface area contributed by atoms with Crippen LogP contribution in [0.25, 0.3) is 0 Å². The summed E-state index contributed by atoms with van der Waals surface area (Å²) in [4.78, 5) is 34.1. The highest BCUT2D eigenvalue weighted by molar-refractivity contribution is 7.90. The Morgan fingerprint density at radius 2 is 1.85 bits per heavy atom. The van der Waals surface area contributed by atoms with Gasteiger partial charge < -0.3 is 14.8 Å². The molecular formula is C12H21NO6S. The number of carbonyl (C=O) groups excluding carboxylic acids is 2. The zero-order valence-corrected chi connectivity index (χ0v) is 12.6. The van der Waals surface area contributed by atoms with Crippen LogP contribution < -0.4 is 0 Å². The average Bonchev–Trinajstić information content (AvgIpc) is 2.32. The van der Waals surface area contributed by atoms with Crippen LogP contribution in [0.3, 0.4) is 0 Å². The third-order valence-electron chi connectivity index (χ3n) is 2.84. The summed E-state index contributed by atoms with van der Waals surface area (Å²) < 4.78 is 21.8. The summed E-state index contributed by atoms with van der Waals surface area (Å²) in [6.45, 7) is 0. The summed E-state index contributed by atoms with van der Waals surface area (Å²) in [5, 5.41) is 8.61. The van der Waals surface area contributed by atoms with E-state index >= 15 is 0 Å². The fourth-order valence-electron chi connectivity index (χ4n) is 1.63. The van der Waals surface area contributed by atoms with Crippen LogP contribution in [0, 0.1) is 0 Å². The molecule has 1 N–H and O–H groups in total. The van der Waals surface area contributed by atoms with E-state index < -0.39 is 28.3 Å². The molecule has 0 aromatic rings. The van der Waals surface area contributed by atoms with Crippen LogP contribution in [-0.4, -0.2) is 61.7 Å². The fourth-order valence-corrected chi connectivity index (χ4v) is 2.36. The van der Waals surface area contributed by atoms with Gasteiger partial charge in [-0.25, -0.2) is 8.42 Å². The molecule has 1 atom stereocenters. The molecule has 20 heavy (non-hydrogen) atoms. The molecule has 0 saturated carbocycles. The van der Waals surface area contributed by atoms with Crippen molar-refractivity contribution in [3.8, 4) is 0 Å². The molecule has 116 valence electrons. The quantitative estimate of drug-likeness (QED) is 0.452. The minimum Gasteiger partial charge on any atom is -0.481 e. The largest absolute Gasteiger partial charge is 0.481 e. The lowest BCUT2D eigenvalue weighted by Crippen LogP contribution is -2.39. The summed E-state index contributed by atoms with van der Waals surface area (Å²) in [6.07, 6.45) is 2.95. The van der Waals surface area contributed by atoms with E-state index in [-0.39, 0.29) is 18.1 Å². The van der Waals surface area contributed by atoms with Crippen molar-refractivity contribution in [2.75, 3.05) is 19.1 Å². The van der Waals surface area contributed by atoms with Gasteiger partial charge >= 0.3 is 5.97 Å². The van der Waals surface area contributed by atoms with Gasteiger partial charge in [0.15, 0.2) is 0 Å². The maximum Gasteiger partial charge on any atom is 0.305 e. The third-order valence-corrected chi connectivity index (χ3v) is 3.87. The zero-order valence-electron chi connectivity index (χ0n) is 11.7. The van der Waals surface area contributed by atoms with Crippen molar-refractivity contribution in [1.29, 1.82) is 0 Å². The molecule has 0 rings (SSSR count). The molecular weight excluding hydrogens is 286 g/mol. The molecule has 0 fully saturated rings. The summed E-state index contributed by atoms with van der Waals surface area (Å²) in [7, 11) is -1.59. The molecule has 1 unspecified atom stereocenters. The maximum absolute atomic E-state index is 11.7. The number of rotatable bonds is 10. The van der Waals surface area contributed by atoms with E-state index in [0.29, 0.717) is 25.5 Å². The van der Waals surface area contributed by atoms with Crippen LogP contribution in [-0.2, 0) is 24.2 Å². The fraction of sp³-hybridized carbons (Fsp3) is 0.750. The van der Waals surface area contributed by atoms with Crippen molar-refractivity contribution in [3.63, 3.8) is 0 Å². The standard InChI is InChI=1S/C12H21NO6S/c1-13(10(9-14)8-12(16)17)11(15)6-4-3-5-7-20(2,18)19/h9-10H,3-8H2,1-2H3,(H,16,17). The second-order valence-electron chi connectivity index (χ2n) is 4.75. The van der Waals surface area contributed by atoms with Gasteiger partial charge in [0.1, 0.15) is 16.1 Å². The molecule has 0 aliphatic carbocycles. The minimum atomic E-state index is -2.98. The molecule has 0 aromatic heterocycles. The number of carbonyl (C=O) groups is 3. The first-order valence-corrected chi connectivity index (χ1v) is 8.34. The normalized spacial score (nSPS) is 12.7. The van der Waals surface area contributed by atoms with E-state index in [4.69, 9.17) is 5.11 Å². The molecule has 8 heteroatoms. The Morgan fingerprint density at radius 3 is 2.30 bits per heavy atom. The maximum atomic E-state index is 11.7. The highest BCUT2D eigenvalue weighted by atomic mass is 32.2. The topological polar surface area (TPSA) is 109 Å². The van der Waals surface area contributed by atoms with Gasteiger partial charge in [-0.15, -0.1) is 0 Å². The van der Waals surface area contributed by atoms with E-state index in [1.165, 1.54) is 7.05 Å². The van der Waals surface area contributed by atoms with Gasteiger partial charge in [-0.1, -0.05) is 6.42 Å². The van der Waals surface area contributed by atoms with Crippen LogP contribution in [0.2, 0.25) is 0 Å². The van der Waals surface area contributed by atoms with Gasteiger partial charge in [0.05, 0.1) is 12.5 Å². The molecule has 0 bridgehead atoms. The van der Waals surface area contributed by atoms with Crippen molar-refractivity contribution < 1.29 is 27.9 Å². The lowest BCUT2D eigenvalue weighted by atomic mass is 10.1. The molecule has 0 spiro atoms. The number of aldehydes is 1. The van der Waals surface area contributed by atoms with E-state index in [9.17, 15) is 22.8 Å². The first-order chi connectivity index (χ1) is 9.17. The van der Waals surface area contributed by atoms with Gasteiger partial charge in [-0.2, -0.15) is 0 Å². The molecule has 0 aromatic carbocycles. The number of carboxylic acids is 1. The van der Waals surface area contributed by atoms with Crippen LogP contribution in [0.4, 0.5) is 0 Å². The van der Waals surface area contributed by atoms with Gasteiger partial charge in [-0.05, 0) is 12.8 Å². The lowest BCUT2D eigenvalue weighted by Gasteiger charge is -2.22. The Hall–Kier alpha value is -1.44. The summed E-state index contributed by atoms with van der Waals surface area (Å²) in [5.74, 6) is -1.37. The average molecular weight is 307 g/mol. The third kappa shape index (κ3) is 8.63. The Kier molecular flexibility index (Phi) is 8.05. The number of nitrogens with zero attached hydrogens (tertiary/aromatic N) is 1. The molecule has 0 heterocycles. The number of carboxylic acid groups (broad SMARTS) is 1. The summed E-state index contributed by atoms with van der Waals surface area (Å²) in [6, 6.07) is -0.962.